The van der Waals surface area contributed by atoms with E-state index in [0.29, 0.717) is 12.0 Å². The number of piperidine rings is 1. The number of fused-ring (bicyclic) bond motifs is 1. The van der Waals surface area contributed by atoms with E-state index in [0.717, 1.165) is 36.2 Å². The molecule has 1 fully saturated rings. The molecule has 2 atom stereocenters. The zero-order valence-electron chi connectivity index (χ0n) is 10.8. The fraction of sp³-hybridized carbons (Fsp3) is 0.500. The second-order valence-electron chi connectivity index (χ2n) is 5.24. The van der Waals surface area contributed by atoms with Crippen LogP contribution in [0.25, 0.3) is 11.0 Å². The van der Waals surface area contributed by atoms with Crippen LogP contribution in [-0.4, -0.2) is 22.1 Å². The minimum absolute atomic E-state index is 0.198. The zero-order chi connectivity index (χ0) is 12.7. The van der Waals surface area contributed by atoms with Crippen LogP contribution in [-0.2, 0) is 7.05 Å². The van der Waals surface area contributed by atoms with Crippen molar-refractivity contribution in [3.05, 3.63) is 29.8 Å². The quantitative estimate of drug-likeness (QED) is 0.839. The van der Waals surface area contributed by atoms with Crippen molar-refractivity contribution in [3.8, 4) is 0 Å². The number of halogens is 1. The highest BCUT2D eigenvalue weighted by molar-refractivity contribution is 5.76. The predicted octanol–water partition coefficient (Wildman–Crippen LogP) is 2.57. The molecule has 0 radical (unpaired) electrons. The number of nitrogens with zero attached hydrogens (tertiary/aromatic N) is 2. The summed E-state index contributed by atoms with van der Waals surface area (Å²) in [4.78, 5) is 4.68. The summed E-state index contributed by atoms with van der Waals surface area (Å²) in [5.41, 5.74) is 1.77. The van der Waals surface area contributed by atoms with Gasteiger partial charge in [-0.1, -0.05) is 0 Å². The average molecular weight is 247 g/mol. The Balaban J connectivity index is 2.04. The molecule has 1 saturated heterocycles. The molecule has 0 aliphatic carbocycles. The molecule has 0 amide bonds. The fourth-order valence-corrected chi connectivity index (χ4v) is 2.91. The van der Waals surface area contributed by atoms with Crippen molar-refractivity contribution < 1.29 is 4.39 Å². The first kappa shape index (κ1) is 11.7. The van der Waals surface area contributed by atoms with E-state index in [2.05, 4.69) is 17.2 Å². The molecule has 4 heteroatoms. The van der Waals surface area contributed by atoms with Crippen LogP contribution in [0.4, 0.5) is 4.39 Å². The van der Waals surface area contributed by atoms with Gasteiger partial charge < -0.3 is 9.88 Å². The van der Waals surface area contributed by atoms with E-state index in [1.54, 1.807) is 12.1 Å². The molecule has 0 bridgehead atoms. The average Bonchev–Trinajstić information content (AvgIpc) is 2.67. The Bertz CT molecular complexity index is 576. The molecule has 96 valence electrons. The number of rotatable bonds is 1. The lowest BCUT2D eigenvalue weighted by atomic mass is 9.92. The molecular formula is C14H18FN3. The molecule has 1 aliphatic rings. The third-order valence-electron chi connectivity index (χ3n) is 3.87. The number of hydrogen-bond acceptors (Lipinski definition) is 2. The molecule has 0 saturated carbocycles. The first-order valence-electron chi connectivity index (χ1n) is 6.50. The van der Waals surface area contributed by atoms with Crippen molar-refractivity contribution in [1.82, 2.24) is 14.9 Å². The van der Waals surface area contributed by atoms with Gasteiger partial charge in [0.2, 0.25) is 0 Å². The van der Waals surface area contributed by atoms with Crippen LogP contribution in [0.5, 0.6) is 0 Å². The molecule has 1 aromatic carbocycles. The van der Waals surface area contributed by atoms with E-state index in [9.17, 15) is 4.39 Å². The van der Waals surface area contributed by atoms with Crippen LogP contribution in [0.1, 0.15) is 31.5 Å². The number of nitrogens with one attached hydrogen (secondary N) is 1. The molecule has 3 rings (SSSR count). The van der Waals surface area contributed by atoms with Crippen molar-refractivity contribution in [2.24, 2.45) is 7.05 Å². The highest BCUT2D eigenvalue weighted by Gasteiger charge is 2.24. The SMILES string of the molecule is CC1CC(c2nc3ccc(F)cc3n2C)CCN1. The van der Waals surface area contributed by atoms with E-state index in [1.807, 2.05) is 11.6 Å². The maximum Gasteiger partial charge on any atom is 0.125 e. The number of hydrogen-bond donors (Lipinski definition) is 1. The largest absolute Gasteiger partial charge is 0.331 e. The lowest BCUT2D eigenvalue weighted by Crippen LogP contribution is -2.35. The van der Waals surface area contributed by atoms with Gasteiger partial charge in [0, 0.05) is 19.0 Å². The molecule has 2 heterocycles. The number of aromatic nitrogens is 2. The number of aryl methyl sites for hydroxylation is 1. The summed E-state index contributed by atoms with van der Waals surface area (Å²) in [6.45, 7) is 3.23. The van der Waals surface area contributed by atoms with Gasteiger partial charge in [0.1, 0.15) is 11.6 Å². The number of imidazole rings is 1. The van der Waals surface area contributed by atoms with Gasteiger partial charge in [0.15, 0.2) is 0 Å². The summed E-state index contributed by atoms with van der Waals surface area (Å²) in [6.07, 6.45) is 2.20. The Kier molecular flexibility index (Phi) is 2.82. The maximum absolute atomic E-state index is 13.3. The first-order chi connectivity index (χ1) is 8.65. The smallest absolute Gasteiger partial charge is 0.125 e. The molecule has 1 aromatic heterocycles. The second-order valence-corrected chi connectivity index (χ2v) is 5.24. The third kappa shape index (κ3) is 1.90. The maximum atomic E-state index is 13.3. The van der Waals surface area contributed by atoms with Crippen LogP contribution in [0.2, 0.25) is 0 Å². The second kappa shape index (κ2) is 4.35. The summed E-state index contributed by atoms with van der Waals surface area (Å²) in [5.74, 6) is 1.36. The Morgan fingerprint density at radius 2 is 2.28 bits per heavy atom. The van der Waals surface area contributed by atoms with E-state index < -0.39 is 0 Å². The molecule has 2 aromatic rings. The summed E-state index contributed by atoms with van der Waals surface area (Å²) in [6, 6.07) is 5.33. The molecule has 3 nitrogen and oxygen atoms in total. The van der Waals surface area contributed by atoms with Gasteiger partial charge in [-0.05, 0) is 44.5 Å². The molecular weight excluding hydrogens is 229 g/mol. The topological polar surface area (TPSA) is 29.9 Å². The summed E-state index contributed by atoms with van der Waals surface area (Å²) in [7, 11) is 1.98. The Hall–Kier alpha value is -1.42. The monoisotopic (exact) mass is 247 g/mol. The van der Waals surface area contributed by atoms with Gasteiger partial charge in [0.25, 0.3) is 0 Å². The van der Waals surface area contributed by atoms with Crippen molar-refractivity contribution >= 4 is 11.0 Å². The summed E-state index contributed by atoms with van der Waals surface area (Å²) in [5, 5.41) is 3.45. The lowest BCUT2D eigenvalue weighted by Gasteiger charge is -2.27. The highest BCUT2D eigenvalue weighted by Crippen LogP contribution is 2.29. The standard InChI is InChI=1S/C14H18FN3/c1-9-7-10(5-6-16-9)14-17-12-4-3-11(15)8-13(12)18(14)2/h3-4,8-10,16H,5-7H2,1-2H3. The van der Waals surface area contributed by atoms with Gasteiger partial charge in [-0.3, -0.25) is 0 Å². The van der Waals surface area contributed by atoms with Crippen LogP contribution in [0.15, 0.2) is 18.2 Å². The van der Waals surface area contributed by atoms with Gasteiger partial charge in [-0.25, -0.2) is 9.37 Å². The Morgan fingerprint density at radius 3 is 3.06 bits per heavy atom. The fourth-order valence-electron chi connectivity index (χ4n) is 2.91. The number of benzene rings is 1. The lowest BCUT2D eigenvalue weighted by molar-refractivity contribution is 0.367. The van der Waals surface area contributed by atoms with Crippen molar-refractivity contribution in [1.29, 1.82) is 0 Å². The normalized spacial score (nSPS) is 24.6. The van der Waals surface area contributed by atoms with Crippen molar-refractivity contribution in [3.63, 3.8) is 0 Å². The summed E-state index contributed by atoms with van der Waals surface area (Å²) >= 11 is 0. The Labute approximate surface area is 106 Å². The third-order valence-corrected chi connectivity index (χ3v) is 3.87. The van der Waals surface area contributed by atoms with Crippen molar-refractivity contribution in [2.75, 3.05) is 6.54 Å². The molecule has 18 heavy (non-hydrogen) atoms. The summed E-state index contributed by atoms with van der Waals surface area (Å²) < 4.78 is 15.3. The first-order valence-corrected chi connectivity index (χ1v) is 6.50. The minimum Gasteiger partial charge on any atom is -0.331 e. The van der Waals surface area contributed by atoms with Gasteiger partial charge in [-0.15, -0.1) is 0 Å². The van der Waals surface area contributed by atoms with Crippen LogP contribution in [0.3, 0.4) is 0 Å². The van der Waals surface area contributed by atoms with Crippen LogP contribution >= 0.6 is 0 Å². The van der Waals surface area contributed by atoms with Gasteiger partial charge >= 0.3 is 0 Å². The molecule has 0 spiro atoms. The molecule has 2 unspecified atom stereocenters. The van der Waals surface area contributed by atoms with E-state index in [-0.39, 0.29) is 5.82 Å². The highest BCUT2D eigenvalue weighted by atomic mass is 19.1. The van der Waals surface area contributed by atoms with Crippen LogP contribution in [0, 0.1) is 5.82 Å². The molecule has 1 N–H and O–H groups in total. The van der Waals surface area contributed by atoms with E-state index in [4.69, 9.17) is 0 Å². The van der Waals surface area contributed by atoms with Crippen LogP contribution < -0.4 is 5.32 Å². The van der Waals surface area contributed by atoms with Crippen molar-refractivity contribution in [2.45, 2.75) is 31.7 Å². The zero-order valence-corrected chi connectivity index (χ0v) is 10.8. The Morgan fingerprint density at radius 1 is 1.44 bits per heavy atom. The van der Waals surface area contributed by atoms with Gasteiger partial charge in [-0.2, -0.15) is 0 Å². The predicted molar refractivity (Wildman–Crippen MR) is 70.1 cm³/mol. The van der Waals surface area contributed by atoms with E-state index >= 15 is 0 Å². The van der Waals surface area contributed by atoms with Gasteiger partial charge in [0.05, 0.1) is 11.0 Å². The van der Waals surface area contributed by atoms with E-state index in [1.165, 1.54) is 6.07 Å². The molecule has 1 aliphatic heterocycles. The minimum atomic E-state index is -0.198.